The van der Waals surface area contributed by atoms with Crippen molar-refractivity contribution in [2.24, 2.45) is 5.92 Å². The lowest BCUT2D eigenvalue weighted by Crippen LogP contribution is -2.60. The zero-order chi connectivity index (χ0) is 24.6. The van der Waals surface area contributed by atoms with Crippen LogP contribution in [0.25, 0.3) is 0 Å². The number of fused-ring (bicyclic) bond motifs is 3. The lowest BCUT2D eigenvalue weighted by molar-refractivity contribution is -0.137. The number of halogens is 3. The normalized spacial score (nSPS) is 19.5. The molecule has 1 amide bonds. The summed E-state index contributed by atoms with van der Waals surface area (Å²) >= 11 is 0. The molecule has 5 rings (SSSR count). The quantitative estimate of drug-likeness (QED) is 0.555. The molecule has 1 N–H and O–H groups in total. The lowest BCUT2D eigenvalue weighted by atomic mass is 9.82. The Morgan fingerprint density at radius 3 is 2.43 bits per heavy atom. The average molecular weight is 482 g/mol. The summed E-state index contributed by atoms with van der Waals surface area (Å²) in [5.41, 5.74) is 2.34. The number of amides is 1. The number of methoxy groups -OCH3 is 1. The highest BCUT2D eigenvalue weighted by atomic mass is 19.4. The van der Waals surface area contributed by atoms with Gasteiger partial charge in [-0.05, 0) is 66.6 Å². The molecule has 0 spiro atoms. The second kappa shape index (κ2) is 9.17. The molecule has 0 saturated carbocycles. The predicted molar refractivity (Wildman–Crippen MR) is 130 cm³/mol. The van der Waals surface area contributed by atoms with Gasteiger partial charge in [-0.15, -0.1) is 0 Å². The van der Waals surface area contributed by atoms with Crippen LogP contribution in [0.1, 0.15) is 11.1 Å². The predicted octanol–water partition coefficient (Wildman–Crippen LogP) is 5.22. The second-order valence-electron chi connectivity index (χ2n) is 8.91. The summed E-state index contributed by atoms with van der Waals surface area (Å²) in [6.45, 7) is 1.93. The number of hydrogen-bond acceptors (Lipinski definition) is 4. The molecule has 2 heterocycles. The molecule has 3 aromatic rings. The second-order valence-corrected chi connectivity index (χ2v) is 8.91. The summed E-state index contributed by atoms with van der Waals surface area (Å²) in [6.07, 6.45) is -4.19. The van der Waals surface area contributed by atoms with Crippen LogP contribution in [0.15, 0.2) is 72.8 Å². The Labute approximate surface area is 202 Å². The van der Waals surface area contributed by atoms with Crippen molar-refractivity contribution in [2.75, 3.05) is 41.9 Å². The van der Waals surface area contributed by atoms with E-state index in [9.17, 15) is 18.0 Å². The highest BCUT2D eigenvalue weighted by Crippen LogP contribution is 2.40. The Morgan fingerprint density at radius 1 is 1.00 bits per heavy atom. The third-order valence-electron chi connectivity index (χ3n) is 6.85. The van der Waals surface area contributed by atoms with Crippen molar-refractivity contribution >= 4 is 23.0 Å². The summed E-state index contributed by atoms with van der Waals surface area (Å²) in [6, 6.07) is 20.7. The van der Waals surface area contributed by atoms with Crippen molar-refractivity contribution in [3.8, 4) is 5.75 Å². The first kappa shape index (κ1) is 23.1. The molecule has 3 aromatic carbocycles. The molecule has 0 bridgehead atoms. The fourth-order valence-corrected chi connectivity index (χ4v) is 5.08. The van der Waals surface area contributed by atoms with E-state index < -0.39 is 17.7 Å². The van der Waals surface area contributed by atoms with Crippen LogP contribution in [0.4, 0.5) is 30.2 Å². The van der Waals surface area contributed by atoms with Gasteiger partial charge in [0, 0.05) is 36.7 Å². The minimum absolute atomic E-state index is 0.175. The third kappa shape index (κ3) is 4.65. The summed E-state index contributed by atoms with van der Waals surface area (Å²) in [7, 11) is 1.57. The molecule has 1 saturated heterocycles. The van der Waals surface area contributed by atoms with Crippen molar-refractivity contribution in [1.82, 2.24) is 0 Å². The molecule has 0 unspecified atom stereocenters. The van der Waals surface area contributed by atoms with Gasteiger partial charge >= 0.3 is 6.18 Å². The van der Waals surface area contributed by atoms with Crippen molar-refractivity contribution in [3.63, 3.8) is 0 Å². The number of benzene rings is 3. The first-order valence-corrected chi connectivity index (χ1v) is 11.5. The van der Waals surface area contributed by atoms with Crippen molar-refractivity contribution in [3.05, 3.63) is 83.9 Å². The van der Waals surface area contributed by atoms with Crippen molar-refractivity contribution < 1.29 is 22.7 Å². The smallest absolute Gasteiger partial charge is 0.416 e. The van der Waals surface area contributed by atoms with E-state index in [1.807, 2.05) is 30.3 Å². The number of alkyl halides is 3. The highest BCUT2D eigenvalue weighted by molar-refractivity contribution is 5.94. The molecule has 0 aromatic heterocycles. The van der Waals surface area contributed by atoms with Crippen LogP contribution in [0.2, 0.25) is 0 Å². The Balaban J connectivity index is 1.47. The monoisotopic (exact) mass is 481 g/mol. The molecule has 2 atom stereocenters. The summed E-state index contributed by atoms with van der Waals surface area (Å²) in [5, 5.41) is 2.96. The number of para-hydroxylation sites is 1. The Kier molecular flexibility index (Phi) is 6.05. The first-order valence-electron chi connectivity index (χ1n) is 11.5. The Bertz CT molecular complexity index is 1200. The minimum atomic E-state index is -4.43. The molecule has 0 radical (unpaired) electrons. The Morgan fingerprint density at radius 2 is 1.74 bits per heavy atom. The van der Waals surface area contributed by atoms with Gasteiger partial charge in [-0.1, -0.05) is 18.2 Å². The highest BCUT2D eigenvalue weighted by Gasteiger charge is 2.42. The van der Waals surface area contributed by atoms with Gasteiger partial charge in [0.2, 0.25) is 5.91 Å². The molecule has 1 fully saturated rings. The van der Waals surface area contributed by atoms with Crippen LogP contribution in [0.3, 0.4) is 0 Å². The van der Waals surface area contributed by atoms with E-state index in [2.05, 4.69) is 15.1 Å². The van der Waals surface area contributed by atoms with Gasteiger partial charge in [0.15, 0.2) is 0 Å². The van der Waals surface area contributed by atoms with E-state index >= 15 is 0 Å². The number of carbonyl (C=O) groups is 1. The van der Waals surface area contributed by atoms with Gasteiger partial charge in [-0.3, -0.25) is 4.79 Å². The van der Waals surface area contributed by atoms with E-state index in [0.717, 1.165) is 17.4 Å². The number of hydrogen-bond donors (Lipinski definition) is 1. The average Bonchev–Trinajstić information content (AvgIpc) is 2.88. The van der Waals surface area contributed by atoms with E-state index in [0.29, 0.717) is 36.6 Å². The maximum absolute atomic E-state index is 13.5. The number of ether oxygens (including phenoxy) is 1. The van der Waals surface area contributed by atoms with Crippen molar-refractivity contribution in [2.45, 2.75) is 18.6 Å². The first-order chi connectivity index (χ1) is 16.8. The topological polar surface area (TPSA) is 44.8 Å². The van der Waals surface area contributed by atoms with Gasteiger partial charge < -0.3 is 19.9 Å². The molecule has 2 aliphatic heterocycles. The number of anilines is 3. The van der Waals surface area contributed by atoms with Gasteiger partial charge in [0.1, 0.15) is 5.75 Å². The minimum Gasteiger partial charge on any atom is -0.497 e. The molecule has 182 valence electrons. The fraction of sp³-hybridized carbons (Fsp3) is 0.296. The number of nitrogens with one attached hydrogen (secondary N) is 1. The van der Waals surface area contributed by atoms with Gasteiger partial charge in [0.25, 0.3) is 0 Å². The maximum Gasteiger partial charge on any atom is 0.416 e. The maximum atomic E-state index is 13.5. The zero-order valence-corrected chi connectivity index (χ0v) is 19.3. The molecular weight excluding hydrogens is 455 g/mol. The fourth-order valence-electron chi connectivity index (χ4n) is 5.08. The number of piperazine rings is 1. The molecule has 5 nitrogen and oxygen atoms in total. The molecule has 0 aliphatic carbocycles. The van der Waals surface area contributed by atoms with E-state index in [4.69, 9.17) is 4.74 Å². The molecule has 35 heavy (non-hydrogen) atoms. The number of carbonyl (C=O) groups excluding carboxylic acids is 1. The SMILES string of the molecule is COc1ccc(NC(=O)[C@@H]2Cc3cc(C(F)(F)F)ccc3N3CCN(c4ccccc4)C[C@@H]23)cc1. The van der Waals surface area contributed by atoms with Crippen LogP contribution >= 0.6 is 0 Å². The van der Waals surface area contributed by atoms with Crippen LogP contribution in [0, 0.1) is 5.92 Å². The third-order valence-corrected chi connectivity index (χ3v) is 6.85. The van der Waals surface area contributed by atoms with E-state index in [1.54, 1.807) is 37.4 Å². The van der Waals surface area contributed by atoms with E-state index in [1.165, 1.54) is 6.07 Å². The van der Waals surface area contributed by atoms with Gasteiger partial charge in [-0.25, -0.2) is 0 Å². The van der Waals surface area contributed by atoms with Crippen LogP contribution in [0.5, 0.6) is 5.75 Å². The number of rotatable bonds is 4. The summed E-state index contributed by atoms with van der Waals surface area (Å²) in [4.78, 5) is 17.8. The van der Waals surface area contributed by atoms with Crippen LogP contribution in [-0.4, -0.2) is 38.7 Å². The van der Waals surface area contributed by atoms with Crippen molar-refractivity contribution in [1.29, 1.82) is 0 Å². The lowest BCUT2D eigenvalue weighted by Gasteiger charge is -2.49. The van der Waals surface area contributed by atoms with Gasteiger partial charge in [0.05, 0.1) is 24.6 Å². The summed E-state index contributed by atoms with van der Waals surface area (Å²) < 4.78 is 45.5. The Hall–Kier alpha value is -3.68. The van der Waals surface area contributed by atoms with Crippen LogP contribution < -0.4 is 19.9 Å². The molecular formula is C27H26F3N3O2. The number of nitrogens with zero attached hydrogens (tertiary/aromatic N) is 2. The van der Waals surface area contributed by atoms with E-state index in [-0.39, 0.29) is 18.4 Å². The largest absolute Gasteiger partial charge is 0.497 e. The summed E-state index contributed by atoms with van der Waals surface area (Å²) in [5.74, 6) is -0.0473. The zero-order valence-electron chi connectivity index (χ0n) is 19.3. The van der Waals surface area contributed by atoms with Gasteiger partial charge in [-0.2, -0.15) is 13.2 Å². The standard InChI is InChI=1S/C27H26F3N3O2/c1-35-22-10-8-20(9-11-22)31-26(34)23-16-18-15-19(27(28,29)30)7-12-24(18)33-14-13-32(17-25(23)33)21-5-3-2-4-6-21/h2-12,15,23,25H,13-14,16-17H2,1H3,(H,31,34)/t23-,25+/m1/s1. The molecule has 2 aliphatic rings. The molecule has 8 heteroatoms. The van der Waals surface area contributed by atoms with Crippen LogP contribution in [-0.2, 0) is 17.4 Å².